The highest BCUT2D eigenvalue weighted by Crippen LogP contribution is 2.28. The van der Waals surface area contributed by atoms with Gasteiger partial charge in [0, 0.05) is 42.8 Å². The second-order valence-corrected chi connectivity index (χ2v) is 10.5. The lowest BCUT2D eigenvalue weighted by molar-refractivity contribution is 0.103. The van der Waals surface area contributed by atoms with E-state index in [1.165, 1.54) is 0 Å². The van der Waals surface area contributed by atoms with E-state index in [-0.39, 0.29) is 0 Å². The molecule has 0 radical (unpaired) electrons. The fourth-order valence-electron chi connectivity index (χ4n) is 4.08. The summed E-state index contributed by atoms with van der Waals surface area (Å²) < 4.78 is 35.8. The van der Waals surface area contributed by atoms with Gasteiger partial charge < -0.3 is 4.74 Å². The minimum absolute atomic E-state index is 0.307. The van der Waals surface area contributed by atoms with Gasteiger partial charge in [0.2, 0.25) is 10.0 Å². The van der Waals surface area contributed by atoms with E-state index in [1.807, 2.05) is 48.1 Å². The second kappa shape index (κ2) is 9.75. The first-order valence-corrected chi connectivity index (χ1v) is 12.6. The fourth-order valence-corrected chi connectivity index (χ4v) is 5.61. The quantitative estimate of drug-likeness (QED) is 0.483. The first-order valence-electron chi connectivity index (χ1n) is 10.8. The predicted octanol–water partition coefficient (Wildman–Crippen LogP) is 4.49. The third kappa shape index (κ3) is 4.91. The molecular weight excluding hydrogens is 446 g/mol. The van der Waals surface area contributed by atoms with Crippen LogP contribution in [0, 0.1) is 0 Å². The Morgan fingerprint density at radius 1 is 1.03 bits per heavy atom. The van der Waals surface area contributed by atoms with Crippen LogP contribution in [-0.4, -0.2) is 29.0 Å². The molecule has 8 heteroatoms. The number of fused-ring (bicyclic) bond motifs is 1. The SMILES string of the molecule is CCCc1ccc(S(=O)(=O)N2CCc3c(c(COCc4ccc(Cl)cc4)nn3C)C2)cc1. The summed E-state index contributed by atoms with van der Waals surface area (Å²) >= 11 is 5.93. The molecule has 0 saturated carbocycles. The summed E-state index contributed by atoms with van der Waals surface area (Å²) in [6, 6.07) is 14.8. The van der Waals surface area contributed by atoms with Crippen LogP contribution < -0.4 is 0 Å². The van der Waals surface area contributed by atoms with Gasteiger partial charge in [0.15, 0.2) is 0 Å². The Labute approximate surface area is 194 Å². The van der Waals surface area contributed by atoms with Crippen LogP contribution in [-0.2, 0) is 54.4 Å². The molecule has 1 aliphatic heterocycles. The van der Waals surface area contributed by atoms with E-state index in [0.29, 0.717) is 42.6 Å². The smallest absolute Gasteiger partial charge is 0.243 e. The van der Waals surface area contributed by atoms with Crippen molar-refractivity contribution in [2.75, 3.05) is 6.54 Å². The number of ether oxygens (including phenoxy) is 1. The Bertz CT molecular complexity index is 1170. The first kappa shape index (κ1) is 23.0. The van der Waals surface area contributed by atoms with Gasteiger partial charge in [-0.15, -0.1) is 0 Å². The molecule has 32 heavy (non-hydrogen) atoms. The molecule has 0 bridgehead atoms. The number of hydrogen-bond donors (Lipinski definition) is 0. The van der Waals surface area contributed by atoms with Crippen LogP contribution >= 0.6 is 11.6 Å². The Balaban J connectivity index is 1.48. The van der Waals surface area contributed by atoms with Crippen molar-refractivity contribution in [2.24, 2.45) is 7.05 Å². The van der Waals surface area contributed by atoms with Gasteiger partial charge in [-0.2, -0.15) is 9.40 Å². The maximum atomic E-state index is 13.3. The topological polar surface area (TPSA) is 64.4 Å². The summed E-state index contributed by atoms with van der Waals surface area (Å²) in [5.74, 6) is 0. The van der Waals surface area contributed by atoms with Crippen molar-refractivity contribution in [1.29, 1.82) is 0 Å². The molecule has 0 aliphatic carbocycles. The Morgan fingerprint density at radius 3 is 2.41 bits per heavy atom. The molecule has 2 aromatic carbocycles. The Hall–Kier alpha value is -2.19. The zero-order valence-electron chi connectivity index (χ0n) is 18.4. The first-order chi connectivity index (χ1) is 15.4. The number of hydrogen-bond acceptors (Lipinski definition) is 4. The summed E-state index contributed by atoms with van der Waals surface area (Å²) in [5.41, 5.74) is 4.98. The second-order valence-electron chi connectivity index (χ2n) is 8.10. The molecule has 3 aromatic rings. The van der Waals surface area contributed by atoms with Gasteiger partial charge in [-0.1, -0.05) is 49.2 Å². The van der Waals surface area contributed by atoms with Crippen molar-refractivity contribution in [1.82, 2.24) is 14.1 Å². The molecule has 170 valence electrons. The molecule has 0 saturated heterocycles. The Morgan fingerprint density at radius 2 is 1.72 bits per heavy atom. The number of rotatable bonds is 8. The van der Waals surface area contributed by atoms with Crippen LogP contribution in [0.25, 0.3) is 0 Å². The van der Waals surface area contributed by atoms with Gasteiger partial charge in [-0.05, 0) is 41.8 Å². The molecule has 0 spiro atoms. The molecule has 0 unspecified atom stereocenters. The summed E-state index contributed by atoms with van der Waals surface area (Å²) in [7, 11) is -1.67. The number of benzene rings is 2. The standard InChI is InChI=1S/C24H28ClN3O3S/c1-3-4-18-7-11-21(12-8-18)32(29,30)28-14-13-24-22(15-28)23(26-27(24)2)17-31-16-19-5-9-20(25)10-6-19/h5-12H,3-4,13-17H2,1-2H3. The summed E-state index contributed by atoms with van der Waals surface area (Å²) in [5, 5.41) is 5.30. The fraction of sp³-hybridized carbons (Fsp3) is 0.375. The number of nitrogens with zero attached hydrogens (tertiary/aromatic N) is 3. The van der Waals surface area contributed by atoms with Crippen molar-refractivity contribution in [2.45, 2.75) is 50.8 Å². The lowest BCUT2D eigenvalue weighted by atomic mass is 10.1. The minimum atomic E-state index is -3.57. The van der Waals surface area contributed by atoms with E-state index in [2.05, 4.69) is 12.0 Å². The largest absolute Gasteiger partial charge is 0.370 e. The van der Waals surface area contributed by atoms with Gasteiger partial charge in [0.25, 0.3) is 0 Å². The molecule has 1 aliphatic rings. The van der Waals surface area contributed by atoms with Crippen molar-refractivity contribution >= 4 is 21.6 Å². The van der Waals surface area contributed by atoms with E-state index in [1.54, 1.807) is 16.4 Å². The molecule has 0 fully saturated rings. The van der Waals surface area contributed by atoms with E-state index in [0.717, 1.165) is 40.9 Å². The maximum absolute atomic E-state index is 13.3. The van der Waals surface area contributed by atoms with Crippen LogP contribution in [0.2, 0.25) is 5.02 Å². The molecule has 2 heterocycles. The molecule has 0 N–H and O–H groups in total. The number of sulfonamides is 1. The highest BCUT2D eigenvalue weighted by molar-refractivity contribution is 7.89. The summed E-state index contributed by atoms with van der Waals surface area (Å²) in [6.45, 7) is 3.62. The van der Waals surface area contributed by atoms with Gasteiger partial charge in [0.05, 0.1) is 23.8 Å². The number of aryl methyl sites for hydroxylation is 2. The van der Waals surface area contributed by atoms with E-state index in [9.17, 15) is 8.42 Å². The number of aromatic nitrogens is 2. The molecule has 1 aromatic heterocycles. The van der Waals surface area contributed by atoms with Gasteiger partial charge in [-0.3, -0.25) is 4.68 Å². The van der Waals surface area contributed by atoms with Crippen molar-refractivity contribution in [3.05, 3.63) is 81.6 Å². The predicted molar refractivity (Wildman–Crippen MR) is 125 cm³/mol. The minimum Gasteiger partial charge on any atom is -0.370 e. The van der Waals surface area contributed by atoms with Crippen LogP contribution in [0.3, 0.4) is 0 Å². The van der Waals surface area contributed by atoms with Gasteiger partial charge >= 0.3 is 0 Å². The van der Waals surface area contributed by atoms with Crippen LogP contribution in [0.1, 0.15) is 41.4 Å². The van der Waals surface area contributed by atoms with Crippen LogP contribution in [0.15, 0.2) is 53.4 Å². The molecule has 4 rings (SSSR count). The zero-order valence-corrected chi connectivity index (χ0v) is 20.0. The van der Waals surface area contributed by atoms with Crippen LogP contribution in [0.5, 0.6) is 0 Å². The van der Waals surface area contributed by atoms with Crippen molar-refractivity contribution in [3.8, 4) is 0 Å². The zero-order chi connectivity index (χ0) is 22.7. The molecular formula is C24H28ClN3O3S. The third-order valence-corrected chi connectivity index (χ3v) is 7.92. The normalized spacial score (nSPS) is 14.5. The van der Waals surface area contributed by atoms with Crippen LogP contribution in [0.4, 0.5) is 0 Å². The molecule has 6 nitrogen and oxygen atoms in total. The van der Waals surface area contributed by atoms with E-state index < -0.39 is 10.0 Å². The Kier molecular flexibility index (Phi) is 7.00. The van der Waals surface area contributed by atoms with Gasteiger partial charge in [0.1, 0.15) is 0 Å². The lowest BCUT2D eigenvalue weighted by Gasteiger charge is -2.27. The summed E-state index contributed by atoms with van der Waals surface area (Å²) in [4.78, 5) is 0.338. The molecule has 0 atom stereocenters. The van der Waals surface area contributed by atoms with Crippen molar-refractivity contribution in [3.63, 3.8) is 0 Å². The monoisotopic (exact) mass is 473 g/mol. The highest BCUT2D eigenvalue weighted by Gasteiger charge is 2.31. The average molecular weight is 474 g/mol. The average Bonchev–Trinajstić information content (AvgIpc) is 3.11. The summed E-state index contributed by atoms with van der Waals surface area (Å²) in [6.07, 6.45) is 2.61. The van der Waals surface area contributed by atoms with E-state index >= 15 is 0 Å². The van der Waals surface area contributed by atoms with Crippen molar-refractivity contribution < 1.29 is 13.2 Å². The number of halogens is 1. The third-order valence-electron chi connectivity index (χ3n) is 5.81. The maximum Gasteiger partial charge on any atom is 0.243 e. The highest BCUT2D eigenvalue weighted by atomic mass is 35.5. The lowest BCUT2D eigenvalue weighted by Crippen LogP contribution is -2.36. The molecule has 0 amide bonds. The van der Waals surface area contributed by atoms with Gasteiger partial charge in [-0.25, -0.2) is 8.42 Å². The van der Waals surface area contributed by atoms with E-state index in [4.69, 9.17) is 16.3 Å².